The summed E-state index contributed by atoms with van der Waals surface area (Å²) in [5, 5.41) is 2.96. The number of urea groups is 1. The molecule has 126 valence electrons. The number of imidazole rings is 1. The molecular formula is C18H22N4OS. The number of hydrogen-bond acceptors (Lipinski definition) is 3. The highest BCUT2D eigenvalue weighted by Crippen LogP contribution is 2.17. The molecule has 5 nitrogen and oxygen atoms in total. The van der Waals surface area contributed by atoms with Gasteiger partial charge < -0.3 is 14.8 Å². The van der Waals surface area contributed by atoms with Crippen molar-refractivity contribution in [2.75, 3.05) is 7.05 Å². The van der Waals surface area contributed by atoms with Gasteiger partial charge in [-0.15, -0.1) is 11.3 Å². The zero-order valence-corrected chi connectivity index (χ0v) is 15.1. The van der Waals surface area contributed by atoms with Gasteiger partial charge in [-0.2, -0.15) is 0 Å². The Labute approximate surface area is 145 Å². The first-order chi connectivity index (χ1) is 11.6. The van der Waals surface area contributed by atoms with Crippen LogP contribution in [0.3, 0.4) is 0 Å². The lowest BCUT2D eigenvalue weighted by molar-refractivity contribution is 0.205. The third-order valence-corrected chi connectivity index (χ3v) is 4.99. The van der Waals surface area contributed by atoms with Crippen molar-refractivity contribution in [2.45, 2.75) is 33.5 Å². The second-order valence-electron chi connectivity index (χ2n) is 5.79. The van der Waals surface area contributed by atoms with Crippen molar-refractivity contribution in [3.63, 3.8) is 0 Å². The van der Waals surface area contributed by atoms with Gasteiger partial charge in [-0.1, -0.05) is 12.1 Å². The number of nitrogens with zero attached hydrogens (tertiary/aromatic N) is 3. The van der Waals surface area contributed by atoms with E-state index in [-0.39, 0.29) is 6.03 Å². The Morgan fingerprint density at radius 1 is 1.29 bits per heavy atom. The molecule has 0 aliphatic rings. The molecule has 1 N–H and O–H groups in total. The summed E-state index contributed by atoms with van der Waals surface area (Å²) in [6.07, 6.45) is 0. The number of thiophene rings is 1. The van der Waals surface area contributed by atoms with Crippen molar-refractivity contribution in [2.24, 2.45) is 0 Å². The lowest BCUT2D eigenvalue weighted by Gasteiger charge is -2.18. The largest absolute Gasteiger partial charge is 0.333 e. The molecule has 0 saturated heterocycles. The van der Waals surface area contributed by atoms with E-state index in [1.54, 1.807) is 23.3 Å². The first kappa shape index (κ1) is 16.5. The molecule has 0 unspecified atom stereocenters. The summed E-state index contributed by atoms with van der Waals surface area (Å²) in [7, 11) is 1.80. The Balaban J connectivity index is 1.67. The van der Waals surface area contributed by atoms with Crippen LogP contribution in [0.15, 0.2) is 36.4 Å². The highest BCUT2D eigenvalue weighted by atomic mass is 32.1. The van der Waals surface area contributed by atoms with E-state index in [1.165, 1.54) is 4.88 Å². The molecule has 1 aromatic carbocycles. The lowest BCUT2D eigenvalue weighted by Crippen LogP contribution is -2.36. The molecule has 0 aliphatic heterocycles. The summed E-state index contributed by atoms with van der Waals surface area (Å²) < 4.78 is 2.15. The number of carbonyl (C=O) groups excluding carboxylic acids is 1. The Hall–Kier alpha value is -2.34. The van der Waals surface area contributed by atoms with E-state index in [1.807, 2.05) is 18.2 Å². The molecule has 0 spiro atoms. The minimum absolute atomic E-state index is 0.0873. The average Bonchev–Trinajstić information content (AvgIpc) is 3.15. The van der Waals surface area contributed by atoms with Crippen molar-refractivity contribution < 1.29 is 4.79 Å². The number of fused-ring (bicyclic) bond motifs is 1. The van der Waals surface area contributed by atoms with Gasteiger partial charge in [0.25, 0.3) is 0 Å². The van der Waals surface area contributed by atoms with Crippen LogP contribution in [0.25, 0.3) is 11.0 Å². The van der Waals surface area contributed by atoms with Crippen molar-refractivity contribution in [3.05, 3.63) is 52.0 Å². The second kappa shape index (κ2) is 7.05. The molecule has 3 aromatic rings. The third kappa shape index (κ3) is 3.43. The quantitative estimate of drug-likeness (QED) is 0.767. The number of aromatic nitrogens is 2. The van der Waals surface area contributed by atoms with Crippen LogP contribution in [-0.4, -0.2) is 27.5 Å². The Morgan fingerprint density at radius 2 is 2.08 bits per heavy atom. The molecule has 0 radical (unpaired) electrons. The van der Waals surface area contributed by atoms with Gasteiger partial charge in [-0.3, -0.25) is 0 Å². The van der Waals surface area contributed by atoms with E-state index in [9.17, 15) is 4.79 Å². The molecular weight excluding hydrogens is 320 g/mol. The molecule has 0 saturated carbocycles. The maximum Gasteiger partial charge on any atom is 0.317 e. The fourth-order valence-corrected chi connectivity index (χ4v) is 3.59. The summed E-state index contributed by atoms with van der Waals surface area (Å²) >= 11 is 1.70. The summed E-state index contributed by atoms with van der Waals surface area (Å²) in [6, 6.07) is 12.1. The zero-order chi connectivity index (χ0) is 17.1. The van der Waals surface area contributed by atoms with Gasteiger partial charge in [-0.05, 0) is 38.1 Å². The van der Waals surface area contributed by atoms with Crippen LogP contribution >= 0.6 is 11.3 Å². The van der Waals surface area contributed by atoms with Gasteiger partial charge in [0.2, 0.25) is 0 Å². The normalized spacial score (nSPS) is 11.0. The number of hydrogen-bond donors (Lipinski definition) is 1. The van der Waals surface area contributed by atoms with Crippen LogP contribution in [0.1, 0.15) is 22.5 Å². The predicted molar refractivity (Wildman–Crippen MR) is 98.2 cm³/mol. The van der Waals surface area contributed by atoms with Gasteiger partial charge in [0, 0.05) is 23.3 Å². The van der Waals surface area contributed by atoms with Gasteiger partial charge in [0.05, 0.1) is 24.1 Å². The highest BCUT2D eigenvalue weighted by Gasteiger charge is 2.14. The molecule has 0 fully saturated rings. The van der Waals surface area contributed by atoms with Crippen molar-refractivity contribution >= 4 is 28.4 Å². The Morgan fingerprint density at radius 3 is 2.79 bits per heavy atom. The van der Waals surface area contributed by atoms with E-state index >= 15 is 0 Å². The zero-order valence-electron chi connectivity index (χ0n) is 14.2. The number of carbonyl (C=O) groups is 1. The maximum absolute atomic E-state index is 12.3. The van der Waals surface area contributed by atoms with Crippen LogP contribution in [0.5, 0.6) is 0 Å². The maximum atomic E-state index is 12.3. The fourth-order valence-electron chi connectivity index (χ4n) is 2.76. The van der Waals surface area contributed by atoms with Crippen molar-refractivity contribution in [1.82, 2.24) is 19.8 Å². The number of para-hydroxylation sites is 2. The molecule has 0 bridgehead atoms. The van der Waals surface area contributed by atoms with E-state index in [0.717, 1.165) is 28.3 Å². The number of aryl methyl sites for hydroxylation is 2. The Kier molecular flexibility index (Phi) is 4.85. The topological polar surface area (TPSA) is 50.2 Å². The first-order valence-corrected chi connectivity index (χ1v) is 8.88. The second-order valence-corrected chi connectivity index (χ2v) is 7.16. The Bertz CT molecular complexity index is 852. The molecule has 2 aromatic heterocycles. The van der Waals surface area contributed by atoms with Crippen LogP contribution in [0.2, 0.25) is 0 Å². The smallest absolute Gasteiger partial charge is 0.317 e. The molecule has 2 amide bonds. The first-order valence-electron chi connectivity index (χ1n) is 8.07. The standard InChI is InChI=1S/C18H22N4OS/c1-4-22-16-8-6-5-7-15(16)20-17(22)12-21(3)18(23)19-11-14-10-9-13(2)24-14/h5-10H,4,11-12H2,1-3H3,(H,19,23). The third-order valence-electron chi connectivity index (χ3n) is 3.98. The summed E-state index contributed by atoms with van der Waals surface area (Å²) in [4.78, 5) is 21.1. The predicted octanol–water partition coefficient (Wildman–Crippen LogP) is 3.77. The minimum Gasteiger partial charge on any atom is -0.333 e. The molecule has 0 atom stereocenters. The van der Waals surface area contributed by atoms with Gasteiger partial charge >= 0.3 is 6.03 Å². The van der Waals surface area contributed by atoms with Gasteiger partial charge in [-0.25, -0.2) is 9.78 Å². The monoisotopic (exact) mass is 342 g/mol. The number of amides is 2. The molecule has 3 rings (SSSR count). The number of rotatable bonds is 5. The molecule has 2 heterocycles. The van der Waals surface area contributed by atoms with Gasteiger partial charge in [0.1, 0.15) is 5.82 Å². The van der Waals surface area contributed by atoms with Crippen molar-refractivity contribution in [1.29, 1.82) is 0 Å². The van der Waals surface area contributed by atoms with Crippen LogP contribution in [0.4, 0.5) is 4.79 Å². The molecule has 0 aliphatic carbocycles. The van der Waals surface area contributed by atoms with Crippen molar-refractivity contribution in [3.8, 4) is 0 Å². The van der Waals surface area contributed by atoms with Crippen LogP contribution in [-0.2, 0) is 19.6 Å². The average molecular weight is 342 g/mol. The number of benzene rings is 1. The molecule has 24 heavy (non-hydrogen) atoms. The fraction of sp³-hybridized carbons (Fsp3) is 0.333. The summed E-state index contributed by atoms with van der Waals surface area (Å²) in [5.41, 5.74) is 2.08. The highest BCUT2D eigenvalue weighted by molar-refractivity contribution is 7.11. The molecule has 6 heteroatoms. The number of nitrogens with one attached hydrogen (secondary N) is 1. The lowest BCUT2D eigenvalue weighted by atomic mass is 10.3. The summed E-state index contributed by atoms with van der Waals surface area (Å²) in [6.45, 7) is 6.04. The van der Waals surface area contributed by atoms with Crippen LogP contribution in [0, 0.1) is 6.92 Å². The minimum atomic E-state index is -0.0873. The van der Waals surface area contributed by atoms with Crippen LogP contribution < -0.4 is 5.32 Å². The van der Waals surface area contributed by atoms with E-state index in [4.69, 9.17) is 0 Å². The van der Waals surface area contributed by atoms with E-state index < -0.39 is 0 Å². The SMILES string of the molecule is CCn1c(CN(C)C(=O)NCc2ccc(C)s2)nc2ccccc21. The van der Waals surface area contributed by atoms with E-state index in [2.05, 4.69) is 46.9 Å². The summed E-state index contributed by atoms with van der Waals surface area (Å²) in [5.74, 6) is 0.906. The van der Waals surface area contributed by atoms with Gasteiger partial charge in [0.15, 0.2) is 0 Å². The van der Waals surface area contributed by atoms with E-state index in [0.29, 0.717) is 13.1 Å².